The summed E-state index contributed by atoms with van der Waals surface area (Å²) in [7, 11) is 0. The molecule has 0 aliphatic carbocycles. The van der Waals surface area contributed by atoms with E-state index in [1.807, 2.05) is 42.2 Å². The molecule has 0 saturated heterocycles. The zero-order valence-corrected chi connectivity index (χ0v) is 10.4. The van der Waals surface area contributed by atoms with Gasteiger partial charge in [-0.25, -0.2) is 0 Å². The second kappa shape index (κ2) is 4.47. The van der Waals surface area contributed by atoms with Crippen molar-refractivity contribution in [2.45, 2.75) is 13.0 Å². The Labute approximate surface area is 102 Å². The molecule has 0 aromatic carbocycles. The first kappa shape index (κ1) is 10.9. The summed E-state index contributed by atoms with van der Waals surface area (Å²) in [4.78, 5) is 0. The Morgan fingerprint density at radius 1 is 1.33 bits per heavy atom. The SMILES string of the molecule is CC(Nn1cccc1)c1cc(Cl)sc1Cl. The van der Waals surface area contributed by atoms with Gasteiger partial charge in [0.25, 0.3) is 0 Å². The zero-order chi connectivity index (χ0) is 10.8. The molecule has 0 amide bonds. The van der Waals surface area contributed by atoms with E-state index in [1.54, 1.807) is 0 Å². The molecule has 2 heterocycles. The van der Waals surface area contributed by atoms with Crippen LogP contribution in [0.15, 0.2) is 30.6 Å². The Morgan fingerprint density at radius 3 is 2.53 bits per heavy atom. The minimum atomic E-state index is 0.133. The minimum Gasteiger partial charge on any atom is -0.319 e. The van der Waals surface area contributed by atoms with Gasteiger partial charge in [-0.05, 0) is 25.1 Å². The molecule has 0 bridgehead atoms. The van der Waals surface area contributed by atoms with Crippen LogP contribution in [0.3, 0.4) is 0 Å². The van der Waals surface area contributed by atoms with Crippen molar-refractivity contribution in [3.63, 3.8) is 0 Å². The molecule has 1 atom stereocenters. The van der Waals surface area contributed by atoms with Crippen LogP contribution in [0.2, 0.25) is 8.67 Å². The molecular formula is C10H10Cl2N2S. The van der Waals surface area contributed by atoms with E-state index in [0.29, 0.717) is 0 Å². The highest BCUT2D eigenvalue weighted by molar-refractivity contribution is 7.20. The molecule has 2 rings (SSSR count). The molecule has 2 aromatic rings. The quantitative estimate of drug-likeness (QED) is 0.877. The predicted molar refractivity (Wildman–Crippen MR) is 66.5 cm³/mol. The van der Waals surface area contributed by atoms with Gasteiger partial charge in [0.15, 0.2) is 0 Å². The van der Waals surface area contributed by atoms with Crippen molar-refractivity contribution in [2.24, 2.45) is 0 Å². The maximum atomic E-state index is 6.06. The smallest absolute Gasteiger partial charge is 0.0997 e. The van der Waals surface area contributed by atoms with Crippen molar-refractivity contribution in [1.82, 2.24) is 4.68 Å². The molecule has 1 unspecified atom stereocenters. The number of thiophene rings is 1. The number of nitrogens with zero attached hydrogens (tertiary/aromatic N) is 1. The van der Waals surface area contributed by atoms with Crippen LogP contribution in [0.5, 0.6) is 0 Å². The van der Waals surface area contributed by atoms with Gasteiger partial charge >= 0.3 is 0 Å². The van der Waals surface area contributed by atoms with Crippen molar-refractivity contribution >= 4 is 34.5 Å². The van der Waals surface area contributed by atoms with Crippen LogP contribution in [0.25, 0.3) is 0 Å². The Hall–Kier alpha value is -0.640. The molecule has 0 saturated carbocycles. The number of hydrogen-bond acceptors (Lipinski definition) is 2. The van der Waals surface area contributed by atoms with Crippen LogP contribution in [0.1, 0.15) is 18.5 Å². The third kappa shape index (κ3) is 2.48. The lowest BCUT2D eigenvalue weighted by Gasteiger charge is -2.15. The van der Waals surface area contributed by atoms with Gasteiger partial charge < -0.3 is 5.43 Å². The summed E-state index contributed by atoms with van der Waals surface area (Å²) < 4.78 is 3.36. The maximum absolute atomic E-state index is 6.06. The third-order valence-electron chi connectivity index (χ3n) is 2.10. The lowest BCUT2D eigenvalue weighted by atomic mass is 10.2. The number of halogens is 2. The molecule has 15 heavy (non-hydrogen) atoms. The van der Waals surface area contributed by atoms with Crippen molar-refractivity contribution in [2.75, 3.05) is 5.43 Å². The van der Waals surface area contributed by atoms with E-state index in [0.717, 1.165) is 14.2 Å². The summed E-state index contributed by atoms with van der Waals surface area (Å²) in [5.74, 6) is 0. The summed E-state index contributed by atoms with van der Waals surface area (Å²) in [6.07, 6.45) is 3.89. The zero-order valence-electron chi connectivity index (χ0n) is 8.08. The second-order valence-electron chi connectivity index (χ2n) is 3.22. The molecular weight excluding hydrogens is 251 g/mol. The molecule has 0 aliphatic rings. The number of aromatic nitrogens is 1. The largest absolute Gasteiger partial charge is 0.319 e. The van der Waals surface area contributed by atoms with Gasteiger partial charge in [-0.15, -0.1) is 11.3 Å². The van der Waals surface area contributed by atoms with Gasteiger partial charge in [-0.2, -0.15) is 0 Å². The summed E-state index contributed by atoms with van der Waals surface area (Å²) in [5.41, 5.74) is 4.30. The summed E-state index contributed by atoms with van der Waals surface area (Å²) in [6, 6.07) is 5.95. The third-order valence-corrected chi connectivity index (χ3v) is 3.61. The van der Waals surface area contributed by atoms with Crippen molar-refractivity contribution in [3.8, 4) is 0 Å². The Kier molecular flexibility index (Phi) is 3.24. The van der Waals surface area contributed by atoms with E-state index >= 15 is 0 Å². The first-order valence-electron chi connectivity index (χ1n) is 4.51. The van der Waals surface area contributed by atoms with E-state index in [4.69, 9.17) is 23.2 Å². The van der Waals surface area contributed by atoms with Crippen LogP contribution < -0.4 is 5.43 Å². The van der Waals surface area contributed by atoms with Crippen LogP contribution >= 0.6 is 34.5 Å². The molecule has 2 aromatic heterocycles. The average molecular weight is 261 g/mol. The van der Waals surface area contributed by atoms with Gasteiger partial charge in [0, 0.05) is 18.0 Å². The fourth-order valence-corrected chi connectivity index (χ4v) is 3.01. The van der Waals surface area contributed by atoms with Gasteiger partial charge in [-0.3, -0.25) is 4.68 Å². The second-order valence-corrected chi connectivity index (χ2v) is 5.51. The monoisotopic (exact) mass is 260 g/mol. The van der Waals surface area contributed by atoms with E-state index in [9.17, 15) is 0 Å². The van der Waals surface area contributed by atoms with Gasteiger partial charge in [0.05, 0.1) is 14.7 Å². The van der Waals surface area contributed by atoms with Crippen LogP contribution in [0, 0.1) is 0 Å². The minimum absolute atomic E-state index is 0.133. The standard InChI is InChI=1S/C10H10Cl2N2S/c1-7(13-14-4-2-3-5-14)8-6-9(11)15-10(8)12/h2-7,13H,1H3. The summed E-state index contributed by atoms with van der Waals surface area (Å²) >= 11 is 13.3. The molecule has 0 fully saturated rings. The average Bonchev–Trinajstić information content (AvgIpc) is 2.75. The number of hydrogen-bond donors (Lipinski definition) is 1. The fourth-order valence-electron chi connectivity index (χ4n) is 1.36. The molecule has 80 valence electrons. The normalized spacial score (nSPS) is 12.7. The highest BCUT2D eigenvalue weighted by Gasteiger charge is 2.12. The lowest BCUT2D eigenvalue weighted by Crippen LogP contribution is -2.16. The van der Waals surface area contributed by atoms with Crippen LogP contribution in [-0.4, -0.2) is 4.68 Å². The molecule has 1 N–H and O–H groups in total. The molecule has 0 aliphatic heterocycles. The molecule has 5 heteroatoms. The van der Waals surface area contributed by atoms with E-state index in [1.165, 1.54) is 11.3 Å². The van der Waals surface area contributed by atoms with Crippen LogP contribution in [0.4, 0.5) is 0 Å². The summed E-state index contributed by atoms with van der Waals surface area (Å²) in [5, 5.41) is 0. The van der Waals surface area contributed by atoms with Gasteiger partial charge in [0.2, 0.25) is 0 Å². The Balaban J connectivity index is 2.14. The Morgan fingerprint density at radius 2 is 2.00 bits per heavy atom. The molecule has 0 spiro atoms. The van der Waals surface area contributed by atoms with Crippen molar-refractivity contribution in [3.05, 3.63) is 44.8 Å². The molecule has 0 radical (unpaired) electrons. The maximum Gasteiger partial charge on any atom is 0.0997 e. The van der Waals surface area contributed by atoms with Gasteiger partial charge in [-0.1, -0.05) is 23.2 Å². The first-order valence-corrected chi connectivity index (χ1v) is 6.08. The van der Waals surface area contributed by atoms with E-state index in [-0.39, 0.29) is 6.04 Å². The van der Waals surface area contributed by atoms with Gasteiger partial charge in [0.1, 0.15) is 0 Å². The van der Waals surface area contributed by atoms with Crippen molar-refractivity contribution < 1.29 is 0 Å². The van der Waals surface area contributed by atoms with Crippen molar-refractivity contribution in [1.29, 1.82) is 0 Å². The lowest BCUT2D eigenvalue weighted by molar-refractivity contribution is 0.731. The topological polar surface area (TPSA) is 17.0 Å². The highest BCUT2D eigenvalue weighted by atomic mass is 35.5. The van der Waals surface area contributed by atoms with E-state index in [2.05, 4.69) is 5.43 Å². The first-order chi connectivity index (χ1) is 7.16. The Bertz CT molecular complexity index is 436. The molecule has 2 nitrogen and oxygen atoms in total. The predicted octanol–water partition coefficient (Wildman–Crippen LogP) is 4.16. The summed E-state index contributed by atoms with van der Waals surface area (Å²) in [6.45, 7) is 2.05. The number of nitrogens with one attached hydrogen (secondary N) is 1. The van der Waals surface area contributed by atoms with Crippen LogP contribution in [-0.2, 0) is 0 Å². The van der Waals surface area contributed by atoms with E-state index < -0.39 is 0 Å². The highest BCUT2D eigenvalue weighted by Crippen LogP contribution is 2.35. The number of rotatable bonds is 3. The fraction of sp³-hybridized carbons (Fsp3) is 0.200.